The van der Waals surface area contributed by atoms with Crippen LogP contribution in [0.2, 0.25) is 0 Å². The van der Waals surface area contributed by atoms with E-state index < -0.39 is 11.6 Å². The van der Waals surface area contributed by atoms with E-state index in [4.69, 9.17) is 5.11 Å². The van der Waals surface area contributed by atoms with Gasteiger partial charge in [0.2, 0.25) is 5.67 Å². The zero-order valence-corrected chi connectivity index (χ0v) is 7.95. The average Bonchev–Trinajstić information content (AvgIpc) is 2.17. The first-order chi connectivity index (χ1) is 6.48. The van der Waals surface area contributed by atoms with Crippen molar-refractivity contribution in [3.8, 4) is 5.75 Å². The number of alkyl halides is 1. The number of esters is 1. The Morgan fingerprint density at radius 1 is 1.43 bits per heavy atom. The Hall–Kier alpha value is -1.58. The third kappa shape index (κ3) is 1.84. The Labute approximate surface area is 81.1 Å². The molecule has 1 rings (SSSR count). The summed E-state index contributed by atoms with van der Waals surface area (Å²) in [6.45, 7) is 1.12. The van der Waals surface area contributed by atoms with E-state index in [1.54, 1.807) is 0 Å². The summed E-state index contributed by atoms with van der Waals surface area (Å²) < 4.78 is 18.1. The fourth-order valence-electron chi connectivity index (χ4n) is 1.08. The highest BCUT2D eigenvalue weighted by molar-refractivity contribution is 5.80. The Bertz CT molecular complexity index is 330. The quantitative estimate of drug-likeness (QED) is 0.736. The smallest absolute Gasteiger partial charge is 0.348 e. The van der Waals surface area contributed by atoms with Crippen molar-refractivity contribution in [2.24, 2.45) is 0 Å². The summed E-state index contributed by atoms with van der Waals surface area (Å²) in [6.07, 6.45) is 0. The van der Waals surface area contributed by atoms with Gasteiger partial charge < -0.3 is 9.84 Å². The van der Waals surface area contributed by atoms with Crippen LogP contribution in [0.25, 0.3) is 0 Å². The second-order valence-electron chi connectivity index (χ2n) is 3.04. The standard InChI is InChI=1S/C10H11FO3/c1-10(11,9(13)14-2)7-3-5-8(12)6-4-7/h3-6,12H,1-2H3. The minimum Gasteiger partial charge on any atom is -0.508 e. The number of methoxy groups -OCH3 is 1. The maximum absolute atomic E-state index is 13.8. The van der Waals surface area contributed by atoms with Gasteiger partial charge in [0.25, 0.3) is 0 Å². The molecule has 0 aliphatic heterocycles. The van der Waals surface area contributed by atoms with Crippen LogP contribution in [0.5, 0.6) is 5.75 Å². The molecule has 0 aliphatic rings. The Morgan fingerprint density at radius 3 is 2.36 bits per heavy atom. The second kappa shape index (κ2) is 3.65. The summed E-state index contributed by atoms with van der Waals surface area (Å²) in [5, 5.41) is 8.98. The van der Waals surface area contributed by atoms with Gasteiger partial charge in [0.1, 0.15) is 5.75 Å². The molecule has 0 spiro atoms. The molecular formula is C10H11FO3. The molecule has 1 atom stereocenters. The van der Waals surface area contributed by atoms with E-state index in [-0.39, 0.29) is 11.3 Å². The van der Waals surface area contributed by atoms with E-state index >= 15 is 0 Å². The zero-order valence-electron chi connectivity index (χ0n) is 7.95. The van der Waals surface area contributed by atoms with Gasteiger partial charge in [-0.05, 0) is 19.1 Å². The lowest BCUT2D eigenvalue weighted by atomic mass is 9.98. The summed E-state index contributed by atoms with van der Waals surface area (Å²) in [4.78, 5) is 11.1. The molecule has 0 heterocycles. The minimum absolute atomic E-state index is 0.0226. The largest absolute Gasteiger partial charge is 0.508 e. The van der Waals surface area contributed by atoms with E-state index in [1.165, 1.54) is 24.3 Å². The van der Waals surface area contributed by atoms with Crippen LogP contribution >= 0.6 is 0 Å². The third-order valence-corrected chi connectivity index (χ3v) is 1.98. The predicted octanol–water partition coefficient (Wildman–Crippen LogP) is 1.75. The number of rotatable bonds is 2. The molecule has 0 bridgehead atoms. The molecule has 14 heavy (non-hydrogen) atoms. The van der Waals surface area contributed by atoms with Crippen molar-refractivity contribution in [3.05, 3.63) is 29.8 Å². The number of hydrogen-bond acceptors (Lipinski definition) is 3. The van der Waals surface area contributed by atoms with Crippen LogP contribution in [0.1, 0.15) is 12.5 Å². The SMILES string of the molecule is COC(=O)C(C)(F)c1ccc(O)cc1. The number of phenolic OH excluding ortho intramolecular Hbond substituents is 1. The van der Waals surface area contributed by atoms with Crippen LogP contribution in [0.3, 0.4) is 0 Å². The molecule has 0 amide bonds. The van der Waals surface area contributed by atoms with Crippen molar-refractivity contribution >= 4 is 5.97 Å². The molecule has 0 saturated carbocycles. The monoisotopic (exact) mass is 198 g/mol. The predicted molar refractivity (Wildman–Crippen MR) is 48.6 cm³/mol. The van der Waals surface area contributed by atoms with Gasteiger partial charge in [-0.2, -0.15) is 0 Å². The molecule has 1 unspecified atom stereocenters. The van der Waals surface area contributed by atoms with Gasteiger partial charge in [-0.3, -0.25) is 0 Å². The number of halogens is 1. The maximum Gasteiger partial charge on any atom is 0.348 e. The van der Waals surface area contributed by atoms with Crippen LogP contribution in [0.4, 0.5) is 4.39 Å². The topological polar surface area (TPSA) is 46.5 Å². The number of hydrogen-bond donors (Lipinski definition) is 1. The van der Waals surface area contributed by atoms with Crippen LogP contribution in [-0.4, -0.2) is 18.2 Å². The zero-order chi connectivity index (χ0) is 10.8. The van der Waals surface area contributed by atoms with E-state index in [0.29, 0.717) is 0 Å². The summed E-state index contributed by atoms with van der Waals surface area (Å²) in [7, 11) is 1.13. The van der Waals surface area contributed by atoms with Gasteiger partial charge in [-0.25, -0.2) is 9.18 Å². The summed E-state index contributed by atoms with van der Waals surface area (Å²) in [5.74, 6) is -0.933. The molecular weight excluding hydrogens is 187 g/mol. The van der Waals surface area contributed by atoms with Crippen LogP contribution in [-0.2, 0) is 15.2 Å². The second-order valence-corrected chi connectivity index (χ2v) is 3.04. The molecule has 0 fully saturated rings. The molecule has 4 heteroatoms. The highest BCUT2D eigenvalue weighted by Gasteiger charge is 2.36. The molecule has 0 aliphatic carbocycles. The van der Waals surface area contributed by atoms with E-state index in [0.717, 1.165) is 14.0 Å². The van der Waals surface area contributed by atoms with E-state index in [9.17, 15) is 9.18 Å². The fraction of sp³-hybridized carbons (Fsp3) is 0.300. The van der Waals surface area contributed by atoms with Gasteiger partial charge in [0.05, 0.1) is 7.11 Å². The number of ether oxygens (including phenoxy) is 1. The van der Waals surface area contributed by atoms with Gasteiger partial charge in [0, 0.05) is 5.56 Å². The highest BCUT2D eigenvalue weighted by Crippen LogP contribution is 2.27. The first kappa shape index (κ1) is 10.5. The molecule has 1 N–H and O–H groups in total. The molecule has 76 valence electrons. The lowest BCUT2D eigenvalue weighted by Crippen LogP contribution is -2.28. The van der Waals surface area contributed by atoms with Crippen molar-refractivity contribution in [1.82, 2.24) is 0 Å². The molecule has 1 aromatic rings. The number of benzene rings is 1. The summed E-state index contributed by atoms with van der Waals surface area (Å²) in [5.41, 5.74) is -2.02. The first-order valence-corrected chi connectivity index (χ1v) is 4.05. The Kier molecular flexibility index (Phi) is 2.74. The molecule has 0 saturated heterocycles. The molecule has 1 aromatic carbocycles. The third-order valence-electron chi connectivity index (χ3n) is 1.98. The van der Waals surface area contributed by atoms with Gasteiger partial charge in [-0.1, -0.05) is 12.1 Å². The number of phenols is 1. The lowest BCUT2D eigenvalue weighted by Gasteiger charge is -2.17. The van der Waals surface area contributed by atoms with Gasteiger partial charge >= 0.3 is 5.97 Å². The van der Waals surface area contributed by atoms with Gasteiger partial charge in [0.15, 0.2) is 0 Å². The van der Waals surface area contributed by atoms with E-state index in [1.807, 2.05) is 0 Å². The fourth-order valence-corrected chi connectivity index (χ4v) is 1.08. The first-order valence-electron chi connectivity index (χ1n) is 4.05. The summed E-state index contributed by atoms with van der Waals surface area (Å²) >= 11 is 0. The molecule has 0 aromatic heterocycles. The summed E-state index contributed by atoms with van der Waals surface area (Å²) in [6, 6.07) is 5.31. The van der Waals surface area contributed by atoms with Crippen LogP contribution in [0.15, 0.2) is 24.3 Å². The van der Waals surface area contributed by atoms with E-state index in [2.05, 4.69) is 4.74 Å². The Balaban J connectivity index is 3.03. The molecule has 3 nitrogen and oxygen atoms in total. The lowest BCUT2D eigenvalue weighted by molar-refractivity contribution is -0.154. The molecule has 0 radical (unpaired) electrons. The normalized spacial score (nSPS) is 14.5. The van der Waals surface area contributed by atoms with Crippen molar-refractivity contribution < 1.29 is 19.0 Å². The van der Waals surface area contributed by atoms with Gasteiger partial charge in [-0.15, -0.1) is 0 Å². The average molecular weight is 198 g/mol. The van der Waals surface area contributed by atoms with Crippen molar-refractivity contribution in [2.45, 2.75) is 12.6 Å². The van der Waals surface area contributed by atoms with Crippen LogP contribution < -0.4 is 0 Å². The van der Waals surface area contributed by atoms with Crippen molar-refractivity contribution in [2.75, 3.05) is 7.11 Å². The van der Waals surface area contributed by atoms with Crippen LogP contribution in [0, 0.1) is 0 Å². The number of carbonyl (C=O) groups is 1. The van der Waals surface area contributed by atoms with Crippen molar-refractivity contribution in [1.29, 1.82) is 0 Å². The highest BCUT2D eigenvalue weighted by atomic mass is 19.1. The van der Waals surface area contributed by atoms with Crippen molar-refractivity contribution in [3.63, 3.8) is 0 Å². The maximum atomic E-state index is 13.8. The Morgan fingerprint density at radius 2 is 1.93 bits per heavy atom. The number of aromatic hydroxyl groups is 1. The minimum atomic E-state index is -2.18. The number of carbonyl (C=O) groups excluding carboxylic acids is 1.